The van der Waals surface area contributed by atoms with Gasteiger partial charge in [0.05, 0.1) is 18.6 Å². The fraction of sp³-hybridized carbons (Fsp3) is 0.455. The first kappa shape index (κ1) is 9.01. The smallest absolute Gasteiger partial charge is 0.153 e. The standard InChI is InChI=1S/C11H11NO2/c12-8-11(4-1-2-10(11)13)6-9-3-5-14-7-9/h3,5,7H,1-2,4,6H2. The fourth-order valence-electron chi connectivity index (χ4n) is 2.02. The minimum atomic E-state index is -0.774. The van der Waals surface area contributed by atoms with Gasteiger partial charge in [-0.25, -0.2) is 0 Å². The molecule has 1 unspecified atom stereocenters. The van der Waals surface area contributed by atoms with Gasteiger partial charge < -0.3 is 4.42 Å². The van der Waals surface area contributed by atoms with Crippen LogP contribution in [0.5, 0.6) is 0 Å². The van der Waals surface area contributed by atoms with E-state index in [-0.39, 0.29) is 5.78 Å². The van der Waals surface area contributed by atoms with Crippen molar-refractivity contribution in [3.63, 3.8) is 0 Å². The number of ketones is 1. The van der Waals surface area contributed by atoms with E-state index in [4.69, 9.17) is 9.68 Å². The summed E-state index contributed by atoms with van der Waals surface area (Å²) < 4.78 is 4.93. The Labute approximate surface area is 82.3 Å². The molecule has 3 heteroatoms. The minimum absolute atomic E-state index is 0.0844. The van der Waals surface area contributed by atoms with Gasteiger partial charge in [-0.1, -0.05) is 0 Å². The van der Waals surface area contributed by atoms with Gasteiger partial charge >= 0.3 is 0 Å². The van der Waals surface area contributed by atoms with Crippen LogP contribution < -0.4 is 0 Å². The number of hydrogen-bond donors (Lipinski definition) is 0. The van der Waals surface area contributed by atoms with Gasteiger partial charge in [0.15, 0.2) is 5.78 Å². The van der Waals surface area contributed by atoms with E-state index in [1.54, 1.807) is 12.5 Å². The SMILES string of the molecule is N#CC1(Cc2ccoc2)CCCC1=O. The highest BCUT2D eigenvalue weighted by Crippen LogP contribution is 2.37. The van der Waals surface area contributed by atoms with Crippen LogP contribution in [-0.2, 0) is 11.2 Å². The quantitative estimate of drug-likeness (QED) is 0.715. The summed E-state index contributed by atoms with van der Waals surface area (Å²) in [7, 11) is 0. The molecule has 0 saturated heterocycles. The molecule has 3 nitrogen and oxygen atoms in total. The van der Waals surface area contributed by atoms with Crippen molar-refractivity contribution < 1.29 is 9.21 Å². The molecule has 1 aliphatic carbocycles. The lowest BCUT2D eigenvalue weighted by molar-refractivity contribution is -0.123. The van der Waals surface area contributed by atoms with Crippen LogP contribution in [0.4, 0.5) is 0 Å². The zero-order chi connectivity index (χ0) is 10.0. The van der Waals surface area contributed by atoms with Gasteiger partial charge in [0.25, 0.3) is 0 Å². The number of furan rings is 1. The Balaban J connectivity index is 2.23. The molecule has 0 N–H and O–H groups in total. The number of Topliss-reactive ketones (excluding diaryl/α,β-unsaturated/α-hetero) is 1. The van der Waals surface area contributed by atoms with E-state index >= 15 is 0 Å². The second kappa shape index (κ2) is 3.30. The molecular weight excluding hydrogens is 178 g/mol. The molecule has 0 aliphatic heterocycles. The molecule has 1 saturated carbocycles. The zero-order valence-electron chi connectivity index (χ0n) is 7.82. The largest absolute Gasteiger partial charge is 0.472 e. The molecule has 1 aromatic rings. The van der Waals surface area contributed by atoms with Crippen LogP contribution in [0, 0.1) is 16.7 Å². The van der Waals surface area contributed by atoms with Crippen LogP contribution in [0.2, 0.25) is 0 Å². The van der Waals surface area contributed by atoms with Gasteiger partial charge in [0.2, 0.25) is 0 Å². The van der Waals surface area contributed by atoms with E-state index in [0.717, 1.165) is 12.0 Å². The maximum atomic E-state index is 11.6. The van der Waals surface area contributed by atoms with E-state index in [9.17, 15) is 4.79 Å². The van der Waals surface area contributed by atoms with Crippen LogP contribution in [0.3, 0.4) is 0 Å². The van der Waals surface area contributed by atoms with Crippen LogP contribution in [0.1, 0.15) is 24.8 Å². The summed E-state index contributed by atoms with van der Waals surface area (Å²) in [6.07, 6.45) is 5.74. The molecule has 0 radical (unpaired) electrons. The average molecular weight is 189 g/mol. The minimum Gasteiger partial charge on any atom is -0.472 e. The molecular formula is C11H11NO2. The van der Waals surface area contributed by atoms with Gasteiger partial charge in [-0.15, -0.1) is 0 Å². The molecule has 1 aliphatic rings. The molecule has 14 heavy (non-hydrogen) atoms. The van der Waals surface area contributed by atoms with E-state index < -0.39 is 5.41 Å². The highest BCUT2D eigenvalue weighted by molar-refractivity contribution is 5.89. The van der Waals surface area contributed by atoms with Crippen molar-refractivity contribution in [3.8, 4) is 6.07 Å². The van der Waals surface area contributed by atoms with Crippen LogP contribution in [-0.4, -0.2) is 5.78 Å². The van der Waals surface area contributed by atoms with Gasteiger partial charge in [-0.05, 0) is 24.5 Å². The number of rotatable bonds is 2. The Hall–Kier alpha value is -1.56. The third-order valence-corrected chi connectivity index (χ3v) is 2.84. The lowest BCUT2D eigenvalue weighted by Crippen LogP contribution is -2.26. The molecule has 1 atom stereocenters. The Morgan fingerprint density at radius 2 is 2.50 bits per heavy atom. The number of carbonyl (C=O) groups excluding carboxylic acids is 1. The Morgan fingerprint density at radius 1 is 1.64 bits per heavy atom. The van der Waals surface area contributed by atoms with Crippen molar-refractivity contribution in [2.75, 3.05) is 0 Å². The Morgan fingerprint density at radius 3 is 3.00 bits per heavy atom. The van der Waals surface area contributed by atoms with Crippen molar-refractivity contribution >= 4 is 5.78 Å². The van der Waals surface area contributed by atoms with E-state index in [1.807, 2.05) is 6.07 Å². The second-order valence-corrected chi connectivity index (χ2v) is 3.78. The summed E-state index contributed by atoms with van der Waals surface area (Å²) in [4.78, 5) is 11.6. The molecule has 72 valence electrons. The summed E-state index contributed by atoms with van der Waals surface area (Å²) in [6, 6.07) is 3.98. The third-order valence-electron chi connectivity index (χ3n) is 2.84. The number of hydrogen-bond acceptors (Lipinski definition) is 3. The number of carbonyl (C=O) groups is 1. The lowest BCUT2D eigenvalue weighted by Gasteiger charge is -2.16. The van der Waals surface area contributed by atoms with E-state index in [2.05, 4.69) is 6.07 Å². The third kappa shape index (κ3) is 1.33. The molecule has 1 heterocycles. The van der Waals surface area contributed by atoms with Crippen molar-refractivity contribution in [2.45, 2.75) is 25.7 Å². The topological polar surface area (TPSA) is 54.0 Å². The normalized spacial score (nSPS) is 26.4. The van der Waals surface area contributed by atoms with Gasteiger partial charge in [-0.3, -0.25) is 4.79 Å². The van der Waals surface area contributed by atoms with Gasteiger partial charge in [-0.2, -0.15) is 5.26 Å². The Kier molecular flexibility index (Phi) is 2.12. The van der Waals surface area contributed by atoms with Gasteiger partial charge in [0.1, 0.15) is 5.41 Å². The predicted octanol–water partition coefficient (Wildman–Crippen LogP) is 2.09. The molecule has 0 spiro atoms. The van der Waals surface area contributed by atoms with E-state index in [0.29, 0.717) is 19.3 Å². The summed E-state index contributed by atoms with van der Waals surface area (Å²) in [5.41, 5.74) is 0.158. The maximum absolute atomic E-state index is 11.6. The molecule has 0 amide bonds. The Bertz CT molecular complexity index is 374. The number of nitriles is 1. The van der Waals surface area contributed by atoms with Crippen LogP contribution >= 0.6 is 0 Å². The molecule has 0 aromatic carbocycles. The first-order valence-corrected chi connectivity index (χ1v) is 4.72. The van der Waals surface area contributed by atoms with Crippen LogP contribution in [0.15, 0.2) is 23.0 Å². The second-order valence-electron chi connectivity index (χ2n) is 3.78. The predicted molar refractivity (Wildman–Crippen MR) is 49.3 cm³/mol. The first-order chi connectivity index (χ1) is 6.77. The highest BCUT2D eigenvalue weighted by Gasteiger charge is 2.42. The summed E-state index contributed by atoms with van der Waals surface area (Å²) in [5.74, 6) is 0.0844. The molecule has 2 rings (SSSR count). The van der Waals surface area contributed by atoms with Crippen molar-refractivity contribution in [1.29, 1.82) is 5.26 Å². The zero-order valence-corrected chi connectivity index (χ0v) is 7.82. The fourth-order valence-corrected chi connectivity index (χ4v) is 2.02. The molecule has 0 bridgehead atoms. The summed E-state index contributed by atoms with van der Waals surface area (Å²) in [5, 5.41) is 9.08. The van der Waals surface area contributed by atoms with Crippen molar-refractivity contribution in [2.24, 2.45) is 5.41 Å². The summed E-state index contributed by atoms with van der Waals surface area (Å²) in [6.45, 7) is 0. The van der Waals surface area contributed by atoms with Gasteiger partial charge in [0, 0.05) is 12.8 Å². The maximum Gasteiger partial charge on any atom is 0.153 e. The van der Waals surface area contributed by atoms with Crippen molar-refractivity contribution in [3.05, 3.63) is 24.2 Å². The average Bonchev–Trinajstić information content (AvgIpc) is 2.79. The van der Waals surface area contributed by atoms with Crippen molar-refractivity contribution in [1.82, 2.24) is 0 Å². The lowest BCUT2D eigenvalue weighted by atomic mass is 9.81. The first-order valence-electron chi connectivity index (χ1n) is 4.72. The molecule has 1 fully saturated rings. The van der Waals surface area contributed by atoms with Crippen LogP contribution in [0.25, 0.3) is 0 Å². The number of nitrogens with zero attached hydrogens (tertiary/aromatic N) is 1. The summed E-state index contributed by atoms with van der Waals surface area (Å²) >= 11 is 0. The monoisotopic (exact) mass is 189 g/mol. The molecule has 1 aromatic heterocycles. The highest BCUT2D eigenvalue weighted by atomic mass is 16.3. The van der Waals surface area contributed by atoms with E-state index in [1.165, 1.54) is 0 Å².